The number of nitrogens with zero attached hydrogens (tertiary/aromatic N) is 3. The molecular weight excluding hydrogens is 174 g/mol. The minimum Gasteiger partial charge on any atom is -0.0872 e. The monoisotopic (exact) mass is 191 g/mol. The zero-order valence-electron chi connectivity index (χ0n) is 8.74. The molecule has 76 valence electrons. The van der Waals surface area contributed by atoms with E-state index in [0.717, 1.165) is 18.3 Å². The summed E-state index contributed by atoms with van der Waals surface area (Å²) in [5.41, 5.74) is 9.19. The van der Waals surface area contributed by atoms with Crippen molar-refractivity contribution in [1.82, 2.24) is 0 Å². The molecule has 4 fully saturated rings. The largest absolute Gasteiger partial charge is 0.0872 e. The molecule has 0 radical (unpaired) electrons. The summed E-state index contributed by atoms with van der Waals surface area (Å²) in [4.78, 5) is 3.08. The van der Waals surface area contributed by atoms with Gasteiger partial charge >= 0.3 is 0 Å². The van der Waals surface area contributed by atoms with Gasteiger partial charge in [0.2, 0.25) is 0 Å². The molecule has 3 heteroatoms. The Morgan fingerprint density at radius 1 is 1.21 bits per heavy atom. The molecule has 4 rings (SSSR count). The highest BCUT2D eigenvalue weighted by molar-refractivity contribution is 5.10. The van der Waals surface area contributed by atoms with Crippen LogP contribution in [0.3, 0.4) is 0 Å². The molecule has 3 nitrogen and oxygen atoms in total. The number of rotatable bonds is 1. The number of hydrogen-bond acceptors (Lipinski definition) is 1. The first-order valence-electron chi connectivity index (χ1n) is 5.69. The summed E-state index contributed by atoms with van der Waals surface area (Å²) in [6.45, 7) is 2.39. The molecule has 0 aromatic heterocycles. The van der Waals surface area contributed by atoms with Gasteiger partial charge in [0.15, 0.2) is 0 Å². The molecule has 0 aliphatic heterocycles. The van der Waals surface area contributed by atoms with Crippen LogP contribution >= 0.6 is 0 Å². The van der Waals surface area contributed by atoms with E-state index in [4.69, 9.17) is 5.53 Å². The van der Waals surface area contributed by atoms with E-state index in [1.165, 1.54) is 32.1 Å². The Bertz CT molecular complexity index is 302. The highest BCUT2D eigenvalue weighted by Gasteiger charge is 2.55. The van der Waals surface area contributed by atoms with Crippen molar-refractivity contribution in [3.05, 3.63) is 10.4 Å². The summed E-state index contributed by atoms with van der Waals surface area (Å²) in [5.74, 6) is 1.71. The van der Waals surface area contributed by atoms with E-state index >= 15 is 0 Å². The molecule has 0 aromatic rings. The van der Waals surface area contributed by atoms with E-state index in [0.29, 0.717) is 5.41 Å². The first-order valence-corrected chi connectivity index (χ1v) is 5.69. The van der Waals surface area contributed by atoms with Crippen molar-refractivity contribution >= 4 is 0 Å². The summed E-state index contributed by atoms with van der Waals surface area (Å²) >= 11 is 0. The first-order chi connectivity index (χ1) is 6.63. The Morgan fingerprint density at radius 3 is 2.36 bits per heavy atom. The van der Waals surface area contributed by atoms with Crippen LogP contribution in [0.25, 0.3) is 10.4 Å². The fraction of sp³-hybridized carbons (Fsp3) is 1.00. The summed E-state index contributed by atoms with van der Waals surface area (Å²) in [5, 5.41) is 4.14. The number of hydrogen-bond donors (Lipinski definition) is 0. The zero-order valence-corrected chi connectivity index (χ0v) is 8.74. The minimum atomic E-state index is 0.0214. The Balaban J connectivity index is 2.00. The Labute approximate surface area is 84.5 Å². The average molecular weight is 191 g/mol. The maximum atomic E-state index is 8.67. The van der Waals surface area contributed by atoms with E-state index in [1.807, 2.05) is 0 Å². The zero-order chi connectivity index (χ0) is 9.81. The predicted molar refractivity (Wildman–Crippen MR) is 54.7 cm³/mol. The molecule has 4 aliphatic carbocycles. The molecule has 0 unspecified atom stereocenters. The second-order valence-corrected chi connectivity index (χ2v) is 6.19. The Hall–Kier alpha value is -0.690. The lowest BCUT2D eigenvalue weighted by atomic mass is 9.48. The Kier molecular flexibility index (Phi) is 1.51. The van der Waals surface area contributed by atoms with E-state index < -0.39 is 0 Å². The predicted octanol–water partition coefficient (Wildman–Crippen LogP) is 3.66. The standard InChI is InChI=1S/C11H17N3/c1-10-3-8-2-9(4-10)6-11(5-8,7-10)13-14-12/h8-9H,2-7H2,1H3/t8-,9-,10?,11?/m1/s1. The maximum Gasteiger partial charge on any atom is 0.0498 e. The Morgan fingerprint density at radius 2 is 1.86 bits per heavy atom. The molecule has 14 heavy (non-hydrogen) atoms. The van der Waals surface area contributed by atoms with Gasteiger partial charge in [0.05, 0.1) is 0 Å². The fourth-order valence-corrected chi connectivity index (χ4v) is 4.88. The second kappa shape index (κ2) is 2.46. The van der Waals surface area contributed by atoms with Gasteiger partial charge in [-0.2, -0.15) is 0 Å². The molecule has 4 saturated carbocycles. The molecule has 0 aromatic carbocycles. The molecule has 2 atom stereocenters. The van der Waals surface area contributed by atoms with Crippen molar-refractivity contribution in [1.29, 1.82) is 0 Å². The third kappa shape index (κ3) is 1.08. The molecule has 0 saturated heterocycles. The lowest BCUT2D eigenvalue weighted by Crippen LogP contribution is -2.53. The highest BCUT2D eigenvalue weighted by atomic mass is 15.2. The van der Waals surface area contributed by atoms with Gasteiger partial charge in [-0.3, -0.25) is 0 Å². The first kappa shape index (κ1) is 8.60. The van der Waals surface area contributed by atoms with Crippen LogP contribution in [0.1, 0.15) is 45.4 Å². The van der Waals surface area contributed by atoms with Gasteiger partial charge in [-0.1, -0.05) is 12.0 Å². The molecule has 4 aliphatic rings. The fourth-order valence-electron chi connectivity index (χ4n) is 4.88. The average Bonchev–Trinajstić information content (AvgIpc) is 1.97. The smallest absolute Gasteiger partial charge is 0.0498 e. The van der Waals surface area contributed by atoms with Gasteiger partial charge in [0.1, 0.15) is 0 Å². The van der Waals surface area contributed by atoms with E-state index in [9.17, 15) is 0 Å². The van der Waals surface area contributed by atoms with Gasteiger partial charge in [0.25, 0.3) is 0 Å². The summed E-state index contributed by atoms with van der Waals surface area (Å²) in [6, 6.07) is 0. The second-order valence-electron chi connectivity index (χ2n) is 6.19. The normalized spacial score (nSPS) is 54.4. The number of azide groups is 1. The molecule has 0 amide bonds. The lowest BCUT2D eigenvalue weighted by molar-refractivity contribution is -0.0560. The van der Waals surface area contributed by atoms with E-state index in [2.05, 4.69) is 16.9 Å². The third-order valence-corrected chi connectivity index (χ3v) is 4.58. The molecule has 0 heterocycles. The maximum absolute atomic E-state index is 8.67. The lowest BCUT2D eigenvalue weighted by Gasteiger charge is -2.59. The third-order valence-electron chi connectivity index (χ3n) is 4.58. The van der Waals surface area contributed by atoms with Crippen LogP contribution in [0, 0.1) is 17.3 Å². The van der Waals surface area contributed by atoms with Crippen molar-refractivity contribution in [2.45, 2.75) is 51.0 Å². The minimum absolute atomic E-state index is 0.0214. The highest BCUT2D eigenvalue weighted by Crippen LogP contribution is 2.62. The van der Waals surface area contributed by atoms with Crippen molar-refractivity contribution < 1.29 is 0 Å². The van der Waals surface area contributed by atoms with Gasteiger partial charge in [-0.15, -0.1) is 0 Å². The van der Waals surface area contributed by atoms with Crippen LogP contribution in [-0.2, 0) is 0 Å². The van der Waals surface area contributed by atoms with Gasteiger partial charge < -0.3 is 0 Å². The van der Waals surface area contributed by atoms with Crippen LogP contribution in [0.2, 0.25) is 0 Å². The van der Waals surface area contributed by atoms with Crippen LogP contribution in [0.15, 0.2) is 5.11 Å². The van der Waals surface area contributed by atoms with Gasteiger partial charge in [-0.25, -0.2) is 0 Å². The topological polar surface area (TPSA) is 48.8 Å². The quantitative estimate of drug-likeness (QED) is 0.345. The van der Waals surface area contributed by atoms with Crippen molar-refractivity contribution in [2.24, 2.45) is 22.4 Å². The van der Waals surface area contributed by atoms with Gasteiger partial charge in [-0.05, 0) is 61.3 Å². The molecule has 0 spiro atoms. The van der Waals surface area contributed by atoms with Crippen LogP contribution in [-0.4, -0.2) is 5.54 Å². The van der Waals surface area contributed by atoms with Gasteiger partial charge in [0, 0.05) is 10.5 Å². The van der Waals surface area contributed by atoms with Crippen LogP contribution in [0.4, 0.5) is 0 Å². The summed E-state index contributed by atoms with van der Waals surface area (Å²) in [7, 11) is 0. The molecule has 0 N–H and O–H groups in total. The molecular formula is C11H17N3. The summed E-state index contributed by atoms with van der Waals surface area (Å²) < 4.78 is 0. The van der Waals surface area contributed by atoms with E-state index in [1.54, 1.807) is 0 Å². The van der Waals surface area contributed by atoms with Crippen molar-refractivity contribution in [3.8, 4) is 0 Å². The van der Waals surface area contributed by atoms with Crippen LogP contribution < -0.4 is 0 Å². The summed E-state index contributed by atoms with van der Waals surface area (Å²) in [6.07, 6.45) is 7.65. The molecule has 4 bridgehead atoms. The SMILES string of the molecule is CC12C[C@H]3C[C@H](C1)CC(N=[N+]=[N-])(C3)C2. The van der Waals surface area contributed by atoms with Crippen LogP contribution in [0.5, 0.6) is 0 Å². The van der Waals surface area contributed by atoms with E-state index in [-0.39, 0.29) is 5.54 Å². The van der Waals surface area contributed by atoms with Crippen molar-refractivity contribution in [3.63, 3.8) is 0 Å². The van der Waals surface area contributed by atoms with Crippen molar-refractivity contribution in [2.75, 3.05) is 0 Å².